The molecule has 0 aromatic carbocycles. The van der Waals surface area contributed by atoms with Gasteiger partial charge in [-0.15, -0.1) is 0 Å². The molecule has 9 nitrogen and oxygen atoms in total. The Morgan fingerprint density at radius 3 is 1.89 bits per heavy atom. The van der Waals surface area contributed by atoms with Crippen LogP contribution in [-0.4, -0.2) is 65.1 Å². The molecule has 2 unspecified atom stereocenters. The Morgan fingerprint density at radius 2 is 1.40 bits per heavy atom. The van der Waals surface area contributed by atoms with Gasteiger partial charge in [0, 0.05) is 44.5 Å². The van der Waals surface area contributed by atoms with Crippen LogP contribution in [0, 0.1) is 0 Å². The minimum atomic E-state index is -0.272. The molecule has 2 fully saturated rings. The van der Waals surface area contributed by atoms with E-state index in [4.69, 9.17) is 28.9 Å². The fourth-order valence-corrected chi connectivity index (χ4v) is 5.15. The van der Waals surface area contributed by atoms with E-state index >= 15 is 0 Å². The van der Waals surface area contributed by atoms with Gasteiger partial charge in [0.1, 0.15) is 5.69 Å². The van der Waals surface area contributed by atoms with Crippen molar-refractivity contribution in [3.8, 4) is 0 Å². The summed E-state index contributed by atoms with van der Waals surface area (Å²) in [6, 6.07) is 3.30. The summed E-state index contributed by atoms with van der Waals surface area (Å²) >= 11 is 12.0. The summed E-state index contributed by atoms with van der Waals surface area (Å²) in [5.74, 6) is -0.272. The van der Waals surface area contributed by atoms with Crippen LogP contribution in [0.15, 0.2) is 34.1 Å². The van der Waals surface area contributed by atoms with Crippen molar-refractivity contribution < 1.29 is 4.79 Å². The molecule has 2 atom stereocenters. The van der Waals surface area contributed by atoms with Gasteiger partial charge in [-0.25, -0.2) is 0 Å². The summed E-state index contributed by atoms with van der Waals surface area (Å²) in [5, 5.41) is 3.51. The summed E-state index contributed by atoms with van der Waals surface area (Å²) in [4.78, 5) is 39.7. The van der Waals surface area contributed by atoms with E-state index in [0.717, 1.165) is 51.9 Å². The number of nitrogens with two attached hydrogens (primary N) is 1. The van der Waals surface area contributed by atoms with Crippen molar-refractivity contribution in [3.05, 3.63) is 55.3 Å². The minimum absolute atomic E-state index is 0.109. The third-order valence-corrected chi connectivity index (χ3v) is 6.76. The van der Waals surface area contributed by atoms with Gasteiger partial charge in [-0.3, -0.25) is 14.4 Å². The number of carbonyl (C=O) groups is 1. The Labute approximate surface area is 215 Å². The third kappa shape index (κ3) is 7.33. The molecule has 2 saturated heterocycles. The Kier molecular flexibility index (Phi) is 9.40. The van der Waals surface area contributed by atoms with E-state index in [1.807, 2.05) is 7.05 Å². The molecule has 2 aromatic heterocycles. The minimum Gasteiger partial charge on any atom is -0.394 e. The van der Waals surface area contributed by atoms with Crippen LogP contribution in [0.3, 0.4) is 0 Å². The van der Waals surface area contributed by atoms with Gasteiger partial charge in [0.25, 0.3) is 11.1 Å². The first-order chi connectivity index (χ1) is 16.5. The number of hydrogen-bond acceptors (Lipinski definition) is 6. The highest BCUT2D eigenvalue weighted by molar-refractivity contribution is 6.31. The lowest BCUT2D eigenvalue weighted by Gasteiger charge is -2.31. The van der Waals surface area contributed by atoms with E-state index in [1.54, 1.807) is 21.5 Å². The highest BCUT2D eigenvalue weighted by atomic mass is 35.5. The topological polar surface area (TPSA) is 106 Å². The van der Waals surface area contributed by atoms with Gasteiger partial charge in [-0.1, -0.05) is 23.2 Å². The molecule has 0 saturated carbocycles. The van der Waals surface area contributed by atoms with Crippen molar-refractivity contribution >= 4 is 40.5 Å². The number of halogens is 2. The molecule has 0 bridgehead atoms. The normalized spacial score (nSPS) is 21.2. The number of likely N-dealkylation sites (tertiary alicyclic amines) is 2. The average molecular weight is 525 g/mol. The number of hydrogen-bond donors (Lipinski definition) is 2. The van der Waals surface area contributed by atoms with Gasteiger partial charge < -0.3 is 30.0 Å². The van der Waals surface area contributed by atoms with Gasteiger partial charge in [0.15, 0.2) is 0 Å². The van der Waals surface area contributed by atoms with Crippen molar-refractivity contribution in [2.75, 3.05) is 51.3 Å². The van der Waals surface area contributed by atoms with Crippen molar-refractivity contribution in [1.29, 1.82) is 0 Å². The zero-order chi connectivity index (χ0) is 25.7. The number of pyridine rings is 2. The number of aromatic nitrogens is 2. The lowest BCUT2D eigenvalue weighted by Crippen LogP contribution is -2.38. The van der Waals surface area contributed by atoms with E-state index < -0.39 is 0 Å². The van der Waals surface area contributed by atoms with Crippen LogP contribution in [0.5, 0.6) is 0 Å². The van der Waals surface area contributed by atoms with Crippen LogP contribution in [0.1, 0.15) is 44.7 Å². The van der Waals surface area contributed by atoms with Gasteiger partial charge in [0.05, 0.1) is 15.7 Å². The number of piperidine rings is 2. The molecule has 2 aliphatic rings. The number of anilines is 2. The Bertz CT molecular complexity index is 1160. The van der Waals surface area contributed by atoms with Gasteiger partial charge >= 0.3 is 0 Å². The largest absolute Gasteiger partial charge is 0.394 e. The second kappa shape index (κ2) is 12.1. The monoisotopic (exact) mass is 524 g/mol. The van der Waals surface area contributed by atoms with Crippen molar-refractivity contribution in [3.63, 3.8) is 0 Å². The molecule has 2 aromatic rings. The molecule has 0 spiro atoms. The van der Waals surface area contributed by atoms with E-state index in [0.29, 0.717) is 10.0 Å². The number of nitrogen functional groups attached to an aromatic ring is 1. The van der Waals surface area contributed by atoms with Gasteiger partial charge in [0.2, 0.25) is 5.91 Å². The zero-order valence-corrected chi connectivity index (χ0v) is 22.0. The second-order valence-electron chi connectivity index (χ2n) is 9.41. The standard InChI is InChI=1S/C13H18ClN3O2.C11H16ClN3O/c1-9(18)15-12-6-10(14)7-17(13(12)19)11-4-3-5-16(2)8-11;1-14-4-2-3-9(7-14)15-6-8(12)5-10(13)11(15)16/h6-7,11H,3-5,8H2,1-2H3,(H,15,18);5-6,9H,2-4,7,13H2,1H3. The molecular formula is C24H34Cl2N6O3. The SMILES string of the molecule is CC(=O)Nc1cc(Cl)cn(C2CCCN(C)C2)c1=O.CN1CCCC(n2cc(Cl)cc(N)c2=O)C1. The van der Waals surface area contributed by atoms with Crippen LogP contribution < -0.4 is 22.2 Å². The van der Waals surface area contributed by atoms with Crippen LogP contribution >= 0.6 is 23.2 Å². The van der Waals surface area contributed by atoms with Crippen LogP contribution in [0.4, 0.5) is 11.4 Å². The fourth-order valence-electron chi connectivity index (χ4n) is 4.71. The lowest BCUT2D eigenvalue weighted by molar-refractivity contribution is -0.114. The van der Waals surface area contributed by atoms with Crippen molar-refractivity contribution in [2.24, 2.45) is 0 Å². The molecule has 11 heteroatoms. The van der Waals surface area contributed by atoms with Gasteiger partial charge in [-0.2, -0.15) is 0 Å². The van der Waals surface area contributed by atoms with Crippen molar-refractivity contribution in [1.82, 2.24) is 18.9 Å². The summed E-state index contributed by atoms with van der Waals surface area (Å²) in [7, 11) is 4.10. The molecule has 0 aliphatic carbocycles. The first-order valence-electron chi connectivity index (χ1n) is 11.8. The first-order valence-corrected chi connectivity index (χ1v) is 12.5. The number of likely N-dealkylation sites (N-methyl/N-ethyl adjacent to an activating group) is 2. The van der Waals surface area contributed by atoms with E-state index in [-0.39, 0.29) is 40.5 Å². The highest BCUT2D eigenvalue weighted by Gasteiger charge is 2.22. The molecule has 4 heterocycles. The number of carbonyl (C=O) groups excluding carboxylic acids is 1. The Balaban J connectivity index is 0.000000198. The predicted molar refractivity (Wildman–Crippen MR) is 142 cm³/mol. The highest BCUT2D eigenvalue weighted by Crippen LogP contribution is 2.22. The number of nitrogens with zero attached hydrogens (tertiary/aromatic N) is 4. The molecule has 0 radical (unpaired) electrons. The average Bonchev–Trinajstić information content (AvgIpc) is 2.78. The summed E-state index contributed by atoms with van der Waals surface area (Å²) in [6.45, 7) is 5.20. The number of amides is 1. The summed E-state index contributed by atoms with van der Waals surface area (Å²) in [6.07, 6.45) is 7.44. The van der Waals surface area contributed by atoms with E-state index in [1.165, 1.54) is 19.1 Å². The fraction of sp³-hybridized carbons (Fsp3) is 0.542. The molecule has 4 rings (SSSR count). The first kappa shape index (κ1) is 27.3. The molecule has 1 amide bonds. The Morgan fingerprint density at radius 1 is 0.914 bits per heavy atom. The quantitative estimate of drug-likeness (QED) is 0.638. The summed E-state index contributed by atoms with van der Waals surface area (Å²) in [5.41, 5.74) is 5.77. The molecule has 35 heavy (non-hydrogen) atoms. The smallest absolute Gasteiger partial charge is 0.274 e. The predicted octanol–water partition coefficient (Wildman–Crippen LogP) is 3.08. The maximum Gasteiger partial charge on any atom is 0.274 e. The summed E-state index contributed by atoms with van der Waals surface area (Å²) < 4.78 is 3.32. The maximum absolute atomic E-state index is 12.3. The maximum atomic E-state index is 12.3. The third-order valence-electron chi connectivity index (χ3n) is 6.34. The molecular weight excluding hydrogens is 491 g/mol. The molecule has 192 valence electrons. The number of rotatable bonds is 3. The van der Waals surface area contributed by atoms with E-state index in [9.17, 15) is 14.4 Å². The van der Waals surface area contributed by atoms with Crippen LogP contribution in [0.2, 0.25) is 10.0 Å². The lowest BCUT2D eigenvalue weighted by atomic mass is 10.1. The molecule has 2 aliphatic heterocycles. The van der Waals surface area contributed by atoms with Crippen molar-refractivity contribution in [2.45, 2.75) is 44.7 Å². The van der Waals surface area contributed by atoms with Gasteiger partial charge in [-0.05, 0) is 65.0 Å². The Hall–Kier alpha value is -2.33. The zero-order valence-electron chi connectivity index (χ0n) is 20.5. The molecule has 3 N–H and O–H groups in total. The second-order valence-corrected chi connectivity index (χ2v) is 10.3. The number of nitrogens with one attached hydrogen (secondary N) is 1. The van der Waals surface area contributed by atoms with E-state index in [2.05, 4.69) is 22.2 Å². The van der Waals surface area contributed by atoms with Crippen LogP contribution in [0.25, 0.3) is 0 Å². The van der Waals surface area contributed by atoms with Crippen LogP contribution in [-0.2, 0) is 4.79 Å².